The molecule has 0 saturated carbocycles. The van der Waals surface area contributed by atoms with E-state index in [1.165, 1.54) is 12.2 Å². The van der Waals surface area contributed by atoms with Crippen LogP contribution in [0, 0.1) is 13.8 Å². The van der Waals surface area contributed by atoms with E-state index >= 15 is 0 Å². The fourth-order valence-electron chi connectivity index (χ4n) is 4.14. The Morgan fingerprint density at radius 1 is 0.583 bits per heavy atom. The second kappa shape index (κ2) is 10.7. The van der Waals surface area contributed by atoms with E-state index in [-0.39, 0.29) is 0 Å². The van der Waals surface area contributed by atoms with Gasteiger partial charge in [-0.2, -0.15) is 26.3 Å². The first kappa shape index (κ1) is 27.2. The van der Waals surface area contributed by atoms with Crippen LogP contribution >= 0.6 is 0 Å². The Balaban J connectivity index is 2.22. The zero-order valence-corrected chi connectivity index (χ0v) is 20.5. The first-order chi connectivity index (χ1) is 16.9. The second-order valence-electron chi connectivity index (χ2n) is 8.41. The molecule has 0 aliphatic rings. The molecular formula is C28H28F6N2+2. The summed E-state index contributed by atoms with van der Waals surface area (Å²) < 4.78 is 89.1. The number of rotatable bonds is 6. The molecule has 0 spiro atoms. The molecule has 0 atom stereocenters. The van der Waals surface area contributed by atoms with E-state index < -0.39 is 45.7 Å². The van der Waals surface area contributed by atoms with E-state index in [2.05, 4.69) is 0 Å². The van der Waals surface area contributed by atoms with E-state index in [4.69, 9.17) is 0 Å². The summed E-state index contributed by atoms with van der Waals surface area (Å²) in [5.41, 5.74) is -2.88. The Labute approximate surface area is 206 Å². The molecule has 0 saturated heterocycles. The molecule has 0 aliphatic carbocycles. The van der Waals surface area contributed by atoms with Gasteiger partial charge >= 0.3 is 12.4 Å². The molecule has 3 aromatic rings. The van der Waals surface area contributed by atoms with E-state index in [9.17, 15) is 26.3 Å². The van der Waals surface area contributed by atoms with Crippen molar-refractivity contribution in [3.05, 3.63) is 93.6 Å². The Hall–Kier alpha value is -3.42. The topological polar surface area (TPSA) is 7.76 Å². The van der Waals surface area contributed by atoms with Crippen molar-refractivity contribution in [1.29, 1.82) is 0 Å². The molecule has 2 nitrogen and oxygen atoms in total. The Morgan fingerprint density at radius 2 is 0.889 bits per heavy atom. The summed E-state index contributed by atoms with van der Waals surface area (Å²) in [7, 11) is 0. The molecule has 190 valence electrons. The summed E-state index contributed by atoms with van der Waals surface area (Å²) in [4.78, 5) is 0. The molecule has 36 heavy (non-hydrogen) atoms. The fraction of sp³-hybridized carbons (Fsp3) is 0.286. The van der Waals surface area contributed by atoms with E-state index in [1.54, 1.807) is 49.1 Å². The van der Waals surface area contributed by atoms with Crippen LogP contribution in [0.25, 0.3) is 24.3 Å². The van der Waals surface area contributed by atoms with Crippen molar-refractivity contribution in [2.75, 3.05) is 0 Å². The van der Waals surface area contributed by atoms with Crippen molar-refractivity contribution in [2.24, 2.45) is 0 Å². The summed E-state index contributed by atoms with van der Waals surface area (Å²) in [6.07, 6.45) is 2.38. The molecular weight excluding hydrogens is 478 g/mol. The van der Waals surface area contributed by atoms with Crippen LogP contribution in [0.5, 0.6) is 0 Å². The van der Waals surface area contributed by atoms with Gasteiger partial charge in [-0.25, -0.2) is 9.13 Å². The van der Waals surface area contributed by atoms with Crippen molar-refractivity contribution >= 4 is 24.3 Å². The summed E-state index contributed by atoms with van der Waals surface area (Å²) in [6, 6.07) is 6.78. The van der Waals surface area contributed by atoms with Crippen LogP contribution in [-0.4, -0.2) is 0 Å². The summed E-state index contributed by atoms with van der Waals surface area (Å²) in [6.45, 7) is 7.49. The van der Waals surface area contributed by atoms with Gasteiger partial charge in [0.15, 0.2) is 24.8 Å². The Kier molecular flexibility index (Phi) is 8.06. The smallest absolute Gasteiger partial charge is 0.205 e. The van der Waals surface area contributed by atoms with Crippen LogP contribution in [0.4, 0.5) is 26.3 Å². The molecule has 0 radical (unpaired) electrons. The molecule has 0 fully saturated rings. The molecule has 0 bridgehead atoms. The van der Waals surface area contributed by atoms with Crippen LogP contribution < -0.4 is 9.13 Å². The monoisotopic (exact) mass is 506 g/mol. The van der Waals surface area contributed by atoms with Gasteiger partial charge in [-0.1, -0.05) is 24.3 Å². The minimum absolute atomic E-state index is 0.465. The van der Waals surface area contributed by atoms with Gasteiger partial charge in [0, 0.05) is 24.3 Å². The van der Waals surface area contributed by atoms with Gasteiger partial charge in [-0.3, -0.25) is 0 Å². The highest BCUT2D eigenvalue weighted by Gasteiger charge is 2.42. The van der Waals surface area contributed by atoms with E-state index in [0.717, 1.165) is 26.0 Å². The number of pyridine rings is 2. The third kappa shape index (κ3) is 6.04. The second-order valence-corrected chi connectivity index (χ2v) is 8.41. The van der Waals surface area contributed by atoms with Gasteiger partial charge in [0.1, 0.15) is 13.1 Å². The van der Waals surface area contributed by atoms with Crippen LogP contribution in [0.2, 0.25) is 0 Å². The van der Waals surface area contributed by atoms with E-state index in [0.29, 0.717) is 24.2 Å². The average Bonchev–Trinajstić information content (AvgIpc) is 2.82. The van der Waals surface area contributed by atoms with Gasteiger partial charge in [0.05, 0.1) is 11.1 Å². The quantitative estimate of drug-likeness (QED) is 0.245. The molecule has 8 heteroatoms. The number of benzene rings is 1. The standard InChI is InChI=1S/C28H28F6N2/c1-5-35-15-11-21(12-16-35)7-9-23-19(3)26(28(32,33)34)24(20(4)25(23)27(29,30)31)10-8-22-13-17-36(6-2)18-14-22/h7-18H,5-6H2,1-4H3/q+2/b9-7+,10-8+. The van der Waals surface area contributed by atoms with Crippen LogP contribution in [0.1, 0.15) is 58.4 Å². The van der Waals surface area contributed by atoms with Gasteiger partial charge in [0.2, 0.25) is 0 Å². The van der Waals surface area contributed by atoms with Crippen molar-refractivity contribution in [3.8, 4) is 0 Å². The van der Waals surface area contributed by atoms with Gasteiger partial charge in [-0.05, 0) is 61.1 Å². The zero-order chi connectivity index (χ0) is 26.7. The molecule has 2 aromatic heterocycles. The largest absolute Gasteiger partial charge is 0.417 e. The number of hydrogen-bond acceptors (Lipinski definition) is 0. The van der Waals surface area contributed by atoms with Crippen LogP contribution in [-0.2, 0) is 25.4 Å². The number of aryl methyl sites for hydroxylation is 2. The summed E-state index contributed by atoms with van der Waals surface area (Å²) in [5.74, 6) is 0. The molecule has 0 aliphatic heterocycles. The van der Waals surface area contributed by atoms with Crippen LogP contribution in [0.15, 0.2) is 49.1 Å². The van der Waals surface area contributed by atoms with E-state index in [1.807, 2.05) is 23.0 Å². The average molecular weight is 507 g/mol. The minimum atomic E-state index is -4.84. The lowest BCUT2D eigenvalue weighted by Gasteiger charge is -2.24. The maximum absolute atomic E-state index is 14.2. The third-order valence-corrected chi connectivity index (χ3v) is 6.11. The number of aromatic nitrogens is 2. The predicted molar refractivity (Wildman–Crippen MR) is 128 cm³/mol. The molecule has 1 aromatic carbocycles. The summed E-state index contributed by atoms with van der Waals surface area (Å²) >= 11 is 0. The molecule has 3 rings (SSSR count). The normalized spacial score (nSPS) is 12.7. The third-order valence-electron chi connectivity index (χ3n) is 6.11. The highest BCUT2D eigenvalue weighted by molar-refractivity contribution is 5.80. The minimum Gasteiger partial charge on any atom is -0.205 e. The molecule has 0 N–H and O–H groups in total. The van der Waals surface area contributed by atoms with Crippen LogP contribution in [0.3, 0.4) is 0 Å². The van der Waals surface area contributed by atoms with Crippen molar-refractivity contribution < 1.29 is 35.5 Å². The molecule has 0 amide bonds. The number of alkyl halides is 6. The fourth-order valence-corrected chi connectivity index (χ4v) is 4.14. The van der Waals surface area contributed by atoms with Gasteiger partial charge in [0.25, 0.3) is 0 Å². The lowest BCUT2D eigenvalue weighted by Crippen LogP contribution is -2.30. The SMILES string of the molecule is CC[n+]1ccc(/C=C/c2c(C)c(C(F)(F)F)c(/C=C/c3cc[n+](CC)cc3)c(C)c2C(F)(F)F)cc1. The zero-order valence-electron chi connectivity index (χ0n) is 20.5. The maximum atomic E-state index is 14.2. The first-order valence-electron chi connectivity index (χ1n) is 11.5. The van der Waals surface area contributed by atoms with Crippen molar-refractivity contribution in [1.82, 2.24) is 0 Å². The van der Waals surface area contributed by atoms with Crippen molar-refractivity contribution in [2.45, 2.75) is 53.1 Å². The maximum Gasteiger partial charge on any atom is 0.417 e. The van der Waals surface area contributed by atoms with Gasteiger partial charge < -0.3 is 0 Å². The lowest BCUT2D eigenvalue weighted by molar-refractivity contribution is -0.693. The first-order valence-corrected chi connectivity index (χ1v) is 11.5. The van der Waals surface area contributed by atoms with Crippen molar-refractivity contribution in [3.63, 3.8) is 0 Å². The van der Waals surface area contributed by atoms with Gasteiger partial charge in [-0.15, -0.1) is 0 Å². The molecule has 0 unspecified atom stereocenters. The highest BCUT2D eigenvalue weighted by atomic mass is 19.4. The number of hydrogen-bond donors (Lipinski definition) is 0. The molecule has 2 heterocycles. The summed E-state index contributed by atoms with van der Waals surface area (Å²) in [5, 5.41) is 0. The number of halogens is 6. The number of nitrogens with zero attached hydrogens (tertiary/aromatic N) is 2. The predicted octanol–water partition coefficient (Wildman–Crippen LogP) is 7.30. The Morgan fingerprint density at radius 3 is 1.14 bits per heavy atom. The lowest BCUT2D eigenvalue weighted by atomic mass is 9.86. The Bertz CT molecular complexity index is 1160. The highest BCUT2D eigenvalue weighted by Crippen LogP contribution is 2.45.